The summed E-state index contributed by atoms with van der Waals surface area (Å²) in [6.07, 6.45) is 0.673. The highest BCUT2D eigenvalue weighted by atomic mass is 79.9. The van der Waals surface area contributed by atoms with Gasteiger partial charge in [-0.1, -0.05) is 0 Å². The second-order valence-corrected chi connectivity index (χ2v) is 11.9. The number of halogens is 7. The second-order valence-electron chi connectivity index (χ2n) is 11.0. The van der Waals surface area contributed by atoms with Crippen LogP contribution in [0.15, 0.2) is 58.6 Å². The fraction of sp³-hybridized carbons (Fsp3) is 0.321. The van der Waals surface area contributed by atoms with Crippen LogP contribution in [0.3, 0.4) is 0 Å². The van der Waals surface area contributed by atoms with Gasteiger partial charge in [0.25, 0.3) is 5.56 Å². The van der Waals surface area contributed by atoms with Crippen LogP contribution >= 0.6 is 15.9 Å². The predicted octanol–water partition coefficient (Wildman–Crippen LogP) is 5.25. The average molecular weight is 712 g/mol. The molecule has 0 spiro atoms. The smallest absolute Gasteiger partial charge is 0.348 e. The quantitative estimate of drug-likeness (QED) is 0.207. The standard InChI is InChI=1S/C28H24BrF6N9O2/c1-14-36-9-16(10-37-14)19-7-21(28(33,34)35)41-44(19)12-27(2,3)40-24(45)20(6-15-8-39-43(11-15)26(31)32)42-13-38-23-17(29)4-5-18(30)22(23)25(42)46/h4-5,7-11,13,20,26H,6,12H2,1-3H3,(H,40,45)/t20-/m1/s1. The molecule has 1 aromatic carbocycles. The molecule has 1 amide bonds. The Morgan fingerprint density at radius 1 is 1.09 bits per heavy atom. The molecule has 242 valence electrons. The van der Waals surface area contributed by atoms with Crippen LogP contribution in [0.1, 0.15) is 43.5 Å². The number of benzene rings is 1. The van der Waals surface area contributed by atoms with Crippen LogP contribution < -0.4 is 10.9 Å². The summed E-state index contributed by atoms with van der Waals surface area (Å²) >= 11 is 3.21. The van der Waals surface area contributed by atoms with Gasteiger partial charge in [-0.05, 0) is 60.5 Å². The first-order valence-corrected chi connectivity index (χ1v) is 14.3. The van der Waals surface area contributed by atoms with E-state index in [0.717, 1.165) is 40.1 Å². The fourth-order valence-electron chi connectivity index (χ4n) is 4.79. The van der Waals surface area contributed by atoms with E-state index in [1.807, 2.05) is 0 Å². The van der Waals surface area contributed by atoms with Crippen molar-refractivity contribution in [2.75, 3.05) is 0 Å². The summed E-state index contributed by atoms with van der Waals surface area (Å²) in [5.41, 5.74) is -3.01. The average Bonchev–Trinajstić information content (AvgIpc) is 3.61. The van der Waals surface area contributed by atoms with E-state index in [-0.39, 0.29) is 35.3 Å². The number of alkyl halides is 5. The van der Waals surface area contributed by atoms with Crippen LogP contribution in [0, 0.1) is 12.7 Å². The summed E-state index contributed by atoms with van der Waals surface area (Å²) in [7, 11) is 0. The number of rotatable bonds is 9. The van der Waals surface area contributed by atoms with E-state index in [1.165, 1.54) is 32.3 Å². The van der Waals surface area contributed by atoms with Gasteiger partial charge in [0, 0.05) is 35.0 Å². The van der Waals surface area contributed by atoms with Crippen LogP contribution in [-0.2, 0) is 23.9 Å². The number of nitrogens with one attached hydrogen (secondary N) is 1. The minimum atomic E-state index is -4.78. The summed E-state index contributed by atoms with van der Waals surface area (Å²) < 4.78 is 84.8. The molecule has 0 aliphatic rings. The van der Waals surface area contributed by atoms with Crippen molar-refractivity contribution in [3.63, 3.8) is 0 Å². The van der Waals surface area contributed by atoms with Crippen LogP contribution in [0.2, 0.25) is 0 Å². The number of aryl methyl sites for hydroxylation is 1. The normalized spacial score (nSPS) is 13.0. The molecule has 0 saturated heterocycles. The zero-order valence-electron chi connectivity index (χ0n) is 24.2. The van der Waals surface area contributed by atoms with Gasteiger partial charge in [0.2, 0.25) is 5.91 Å². The minimum absolute atomic E-state index is 0.00183. The SMILES string of the molecule is Cc1ncc(-c2cc(C(F)(F)F)nn2CC(C)(C)NC(=O)[C@@H](Cc2cnn(C(F)F)c2)n2cnc3c(Br)ccc(F)c3c2=O)cn1. The van der Waals surface area contributed by atoms with Crippen molar-refractivity contribution in [2.45, 2.75) is 58.0 Å². The van der Waals surface area contributed by atoms with Crippen LogP contribution in [0.4, 0.5) is 26.3 Å². The molecule has 4 aromatic heterocycles. The molecule has 46 heavy (non-hydrogen) atoms. The fourth-order valence-corrected chi connectivity index (χ4v) is 5.22. The van der Waals surface area contributed by atoms with Gasteiger partial charge < -0.3 is 5.32 Å². The van der Waals surface area contributed by atoms with E-state index in [9.17, 15) is 35.9 Å². The van der Waals surface area contributed by atoms with Crippen molar-refractivity contribution in [3.05, 3.63) is 87.0 Å². The van der Waals surface area contributed by atoms with Crippen LogP contribution in [0.5, 0.6) is 0 Å². The number of carbonyl (C=O) groups excluding carboxylic acids is 1. The van der Waals surface area contributed by atoms with E-state index in [4.69, 9.17) is 0 Å². The van der Waals surface area contributed by atoms with E-state index in [1.54, 1.807) is 6.92 Å². The molecular formula is C28H24BrF6N9O2. The lowest BCUT2D eigenvalue weighted by molar-refractivity contribution is -0.141. The summed E-state index contributed by atoms with van der Waals surface area (Å²) in [6.45, 7) is 1.37. The van der Waals surface area contributed by atoms with Gasteiger partial charge >= 0.3 is 12.7 Å². The topological polar surface area (TPSA) is 125 Å². The monoisotopic (exact) mass is 711 g/mol. The second kappa shape index (κ2) is 12.3. The van der Waals surface area contributed by atoms with Crippen LogP contribution in [0.25, 0.3) is 22.2 Å². The van der Waals surface area contributed by atoms with Crippen molar-refractivity contribution in [2.24, 2.45) is 0 Å². The molecule has 1 N–H and O–H groups in total. The maximum atomic E-state index is 14.8. The highest BCUT2D eigenvalue weighted by Crippen LogP contribution is 2.32. The Kier molecular flexibility index (Phi) is 8.76. The van der Waals surface area contributed by atoms with Gasteiger partial charge in [0.05, 0.1) is 35.8 Å². The van der Waals surface area contributed by atoms with Gasteiger partial charge in [-0.3, -0.25) is 18.8 Å². The highest BCUT2D eigenvalue weighted by Gasteiger charge is 2.37. The first-order chi connectivity index (χ1) is 21.5. The number of hydrogen-bond acceptors (Lipinski definition) is 7. The number of amides is 1. The maximum absolute atomic E-state index is 14.8. The minimum Gasteiger partial charge on any atom is -0.348 e. The number of fused-ring (bicyclic) bond motifs is 1. The van der Waals surface area contributed by atoms with Gasteiger partial charge in [-0.25, -0.2) is 24.0 Å². The molecule has 5 aromatic rings. The third kappa shape index (κ3) is 6.80. The number of nitrogens with zero attached hydrogens (tertiary/aromatic N) is 8. The molecule has 0 bridgehead atoms. The Bertz CT molecular complexity index is 1970. The molecule has 11 nitrogen and oxygen atoms in total. The summed E-state index contributed by atoms with van der Waals surface area (Å²) in [5, 5.41) is 9.58. The van der Waals surface area contributed by atoms with E-state index < -0.39 is 52.7 Å². The molecular weight excluding hydrogens is 688 g/mol. The molecule has 0 saturated carbocycles. The van der Waals surface area contributed by atoms with Crippen molar-refractivity contribution in [1.82, 2.24) is 44.4 Å². The van der Waals surface area contributed by atoms with Gasteiger partial charge in [0.1, 0.15) is 23.1 Å². The molecule has 0 unspecified atom stereocenters. The van der Waals surface area contributed by atoms with E-state index >= 15 is 0 Å². The Balaban J connectivity index is 1.52. The van der Waals surface area contributed by atoms with Crippen molar-refractivity contribution >= 4 is 32.7 Å². The molecule has 4 heterocycles. The van der Waals surface area contributed by atoms with Crippen molar-refractivity contribution in [1.29, 1.82) is 0 Å². The zero-order valence-corrected chi connectivity index (χ0v) is 25.8. The van der Waals surface area contributed by atoms with Gasteiger partial charge in [-0.2, -0.15) is 32.1 Å². The van der Waals surface area contributed by atoms with Crippen molar-refractivity contribution < 1.29 is 31.1 Å². The molecule has 0 radical (unpaired) electrons. The zero-order chi connectivity index (χ0) is 33.6. The number of hydrogen-bond donors (Lipinski definition) is 1. The first-order valence-electron chi connectivity index (χ1n) is 13.5. The molecule has 0 fully saturated rings. The Morgan fingerprint density at radius 2 is 1.78 bits per heavy atom. The largest absolute Gasteiger partial charge is 0.435 e. The Morgan fingerprint density at radius 3 is 2.41 bits per heavy atom. The summed E-state index contributed by atoms with van der Waals surface area (Å²) in [5.74, 6) is -1.34. The van der Waals surface area contributed by atoms with Crippen LogP contribution in [-0.4, -0.2) is 50.5 Å². The summed E-state index contributed by atoms with van der Waals surface area (Å²) in [4.78, 5) is 39.6. The van der Waals surface area contributed by atoms with Crippen molar-refractivity contribution in [3.8, 4) is 11.3 Å². The van der Waals surface area contributed by atoms with E-state index in [0.29, 0.717) is 15.0 Å². The lowest BCUT2D eigenvalue weighted by Gasteiger charge is -2.30. The molecule has 0 aliphatic heterocycles. The third-order valence-corrected chi connectivity index (χ3v) is 7.55. The van der Waals surface area contributed by atoms with Gasteiger partial charge in [0.15, 0.2) is 5.69 Å². The Hall–Kier alpha value is -4.61. The third-order valence-electron chi connectivity index (χ3n) is 6.91. The maximum Gasteiger partial charge on any atom is 0.435 e. The molecule has 18 heteroatoms. The lowest BCUT2D eigenvalue weighted by atomic mass is 10.0. The summed E-state index contributed by atoms with van der Waals surface area (Å²) in [6, 6.07) is 1.77. The van der Waals surface area contributed by atoms with E-state index in [2.05, 4.69) is 46.4 Å². The number of carbonyl (C=O) groups is 1. The number of aromatic nitrogens is 8. The molecule has 5 rings (SSSR count). The molecule has 1 atom stereocenters. The van der Waals surface area contributed by atoms with Gasteiger partial charge in [-0.15, -0.1) is 0 Å². The molecule has 0 aliphatic carbocycles. The first kappa shape index (κ1) is 32.8. The predicted molar refractivity (Wildman–Crippen MR) is 155 cm³/mol. The highest BCUT2D eigenvalue weighted by molar-refractivity contribution is 9.10. The lowest BCUT2D eigenvalue weighted by Crippen LogP contribution is -2.50. The Labute approximate surface area is 264 Å².